The Morgan fingerprint density at radius 1 is 1.20 bits per heavy atom. The van der Waals surface area contributed by atoms with E-state index in [1.807, 2.05) is 55.5 Å². The number of hydrogen-bond donors (Lipinski definition) is 2. The zero-order valence-corrected chi connectivity index (χ0v) is 15.1. The lowest BCUT2D eigenvalue weighted by molar-refractivity contribution is -0.115. The van der Waals surface area contributed by atoms with Crippen LogP contribution >= 0.6 is 11.8 Å². The molecule has 0 radical (unpaired) electrons. The lowest BCUT2D eigenvalue weighted by atomic mass is 10.1. The maximum absolute atomic E-state index is 11.4. The maximum atomic E-state index is 11.4. The van der Waals surface area contributed by atoms with Gasteiger partial charge in [-0.25, -0.2) is 4.99 Å². The number of anilines is 1. The second kappa shape index (κ2) is 7.98. The number of carbonyl (C=O) groups is 1. The van der Waals surface area contributed by atoms with Gasteiger partial charge >= 0.3 is 0 Å². The Kier molecular flexibility index (Phi) is 5.50. The van der Waals surface area contributed by atoms with Crippen molar-refractivity contribution in [2.75, 3.05) is 11.1 Å². The van der Waals surface area contributed by atoms with Crippen LogP contribution in [0.5, 0.6) is 0 Å². The van der Waals surface area contributed by atoms with Gasteiger partial charge in [-0.05, 0) is 36.8 Å². The molecule has 0 atom stereocenters. The Hall–Kier alpha value is -2.60. The highest BCUT2D eigenvalue weighted by atomic mass is 32.2. The summed E-state index contributed by atoms with van der Waals surface area (Å²) in [4.78, 5) is 16.0. The molecule has 3 rings (SSSR count). The predicted octanol–water partition coefficient (Wildman–Crippen LogP) is 4.07. The molecule has 25 heavy (non-hydrogen) atoms. The van der Waals surface area contributed by atoms with E-state index in [2.05, 4.69) is 27.8 Å². The topological polar surface area (TPSA) is 65.8 Å². The summed E-state index contributed by atoms with van der Waals surface area (Å²) in [6, 6.07) is 15.8. The highest BCUT2D eigenvalue weighted by Crippen LogP contribution is 2.19. The highest BCUT2D eigenvalue weighted by molar-refractivity contribution is 8.14. The van der Waals surface area contributed by atoms with Crippen LogP contribution in [0, 0.1) is 6.92 Å². The van der Waals surface area contributed by atoms with Crippen LogP contribution in [0.2, 0.25) is 0 Å². The summed E-state index contributed by atoms with van der Waals surface area (Å²) in [6.07, 6.45) is 0.470. The first-order valence-corrected chi connectivity index (χ1v) is 9.13. The van der Waals surface area contributed by atoms with E-state index in [-0.39, 0.29) is 5.91 Å². The van der Waals surface area contributed by atoms with Crippen LogP contribution in [0.1, 0.15) is 24.5 Å². The third kappa shape index (κ3) is 4.70. The largest absolute Gasteiger partial charge is 0.326 e. The van der Waals surface area contributed by atoms with E-state index in [1.54, 1.807) is 11.8 Å². The number of nitrogens with one attached hydrogen (secondary N) is 2. The number of amides is 1. The number of thioether (sulfide) groups is 1. The Labute approximate surface area is 151 Å². The van der Waals surface area contributed by atoms with Gasteiger partial charge in [0.15, 0.2) is 5.17 Å². The summed E-state index contributed by atoms with van der Waals surface area (Å²) in [5.74, 6) is 0.759. The third-order valence-electron chi connectivity index (χ3n) is 3.72. The van der Waals surface area contributed by atoms with Crippen LogP contribution < -0.4 is 10.7 Å². The molecule has 6 heteroatoms. The van der Waals surface area contributed by atoms with Crippen molar-refractivity contribution in [3.05, 3.63) is 59.7 Å². The van der Waals surface area contributed by atoms with Gasteiger partial charge in [-0.1, -0.05) is 48.5 Å². The van der Waals surface area contributed by atoms with E-state index in [4.69, 9.17) is 0 Å². The first kappa shape index (κ1) is 17.2. The second-order valence-corrected chi connectivity index (χ2v) is 6.65. The molecule has 0 saturated heterocycles. The molecule has 0 aliphatic carbocycles. The predicted molar refractivity (Wildman–Crippen MR) is 106 cm³/mol. The average Bonchev–Trinajstić information content (AvgIpc) is 2.65. The van der Waals surface area contributed by atoms with Gasteiger partial charge in [0.25, 0.3) is 0 Å². The molecule has 2 N–H and O–H groups in total. The van der Waals surface area contributed by atoms with Gasteiger partial charge < -0.3 is 5.32 Å². The van der Waals surface area contributed by atoms with Crippen LogP contribution in [-0.4, -0.2) is 22.5 Å². The summed E-state index contributed by atoms with van der Waals surface area (Å²) in [5, 5.41) is 8.06. The molecule has 0 spiro atoms. The lowest BCUT2D eigenvalue weighted by Gasteiger charge is -2.15. The number of benzene rings is 2. The Bertz CT molecular complexity index is 810. The molecule has 1 aliphatic heterocycles. The number of rotatable bonds is 4. The van der Waals surface area contributed by atoms with Crippen molar-refractivity contribution in [1.29, 1.82) is 0 Å². The minimum absolute atomic E-state index is 0.0111. The zero-order valence-electron chi connectivity index (χ0n) is 14.2. The summed E-state index contributed by atoms with van der Waals surface area (Å²) >= 11 is 1.62. The molecule has 2 aromatic rings. The average molecular weight is 352 g/mol. The molecule has 0 unspecified atom stereocenters. The van der Waals surface area contributed by atoms with Gasteiger partial charge in [0.1, 0.15) is 0 Å². The van der Waals surface area contributed by atoms with Crippen molar-refractivity contribution in [2.45, 2.75) is 20.3 Å². The summed E-state index contributed by atoms with van der Waals surface area (Å²) in [5.41, 5.74) is 7.94. The summed E-state index contributed by atoms with van der Waals surface area (Å²) in [6.45, 7) is 3.89. The van der Waals surface area contributed by atoms with Crippen molar-refractivity contribution in [3.8, 4) is 0 Å². The second-order valence-electron chi connectivity index (χ2n) is 5.69. The minimum Gasteiger partial charge on any atom is -0.326 e. The monoisotopic (exact) mass is 352 g/mol. The van der Waals surface area contributed by atoms with E-state index in [0.717, 1.165) is 33.6 Å². The van der Waals surface area contributed by atoms with Crippen molar-refractivity contribution in [2.24, 2.45) is 10.1 Å². The molecule has 0 saturated carbocycles. The molecular formula is C19H20N4OS. The standard InChI is InChI=1S/C19H20N4OS/c1-3-18(24)20-15-10-6-14(7-11-15)17-12-25-19(23-22-17)21-16-8-4-13(2)5-9-16/h4-11H,3,12H2,1-2H3,(H,20,24)(H,21,23). The van der Waals surface area contributed by atoms with Crippen LogP contribution in [0.3, 0.4) is 0 Å². The minimum atomic E-state index is 0.0111. The van der Waals surface area contributed by atoms with E-state index < -0.39 is 0 Å². The maximum Gasteiger partial charge on any atom is 0.224 e. The quantitative estimate of drug-likeness (QED) is 0.872. The number of hydrazone groups is 1. The number of hydrogen-bond acceptors (Lipinski definition) is 4. The van der Waals surface area contributed by atoms with E-state index in [1.165, 1.54) is 5.56 Å². The number of aliphatic imine (C=N–C) groups is 1. The number of nitrogens with zero attached hydrogens (tertiary/aromatic N) is 2. The molecule has 5 nitrogen and oxygen atoms in total. The molecule has 2 aromatic carbocycles. The molecule has 0 fully saturated rings. The van der Waals surface area contributed by atoms with Crippen molar-refractivity contribution in [3.63, 3.8) is 0 Å². The molecule has 1 amide bonds. The van der Waals surface area contributed by atoms with Gasteiger partial charge in [0, 0.05) is 17.9 Å². The molecule has 128 valence electrons. The lowest BCUT2D eigenvalue weighted by Crippen LogP contribution is -2.25. The van der Waals surface area contributed by atoms with Crippen LogP contribution in [0.4, 0.5) is 11.4 Å². The number of aryl methyl sites for hydroxylation is 1. The van der Waals surface area contributed by atoms with Gasteiger partial charge in [-0.2, -0.15) is 5.10 Å². The van der Waals surface area contributed by atoms with E-state index >= 15 is 0 Å². The molecule has 0 bridgehead atoms. The normalized spacial score (nSPS) is 15.4. The fourth-order valence-corrected chi connectivity index (χ4v) is 3.04. The van der Waals surface area contributed by atoms with Crippen LogP contribution in [0.25, 0.3) is 0 Å². The number of carbonyl (C=O) groups excluding carboxylic acids is 1. The van der Waals surface area contributed by atoms with Crippen molar-refractivity contribution in [1.82, 2.24) is 5.43 Å². The Morgan fingerprint density at radius 3 is 2.52 bits per heavy atom. The van der Waals surface area contributed by atoms with Gasteiger partial charge in [-0.15, -0.1) is 0 Å². The summed E-state index contributed by atoms with van der Waals surface area (Å²) in [7, 11) is 0. The Balaban J connectivity index is 1.66. The van der Waals surface area contributed by atoms with Gasteiger partial charge in [-0.3, -0.25) is 10.2 Å². The molecular weight excluding hydrogens is 332 g/mol. The van der Waals surface area contributed by atoms with Crippen LogP contribution in [-0.2, 0) is 4.79 Å². The van der Waals surface area contributed by atoms with Crippen LogP contribution in [0.15, 0.2) is 58.6 Å². The zero-order chi connectivity index (χ0) is 17.6. The summed E-state index contributed by atoms with van der Waals surface area (Å²) < 4.78 is 0. The smallest absolute Gasteiger partial charge is 0.224 e. The third-order valence-corrected chi connectivity index (χ3v) is 4.59. The first-order chi connectivity index (χ1) is 12.1. The van der Waals surface area contributed by atoms with E-state index in [0.29, 0.717) is 6.42 Å². The molecule has 1 heterocycles. The van der Waals surface area contributed by atoms with E-state index in [9.17, 15) is 4.79 Å². The molecule has 0 aromatic heterocycles. The van der Waals surface area contributed by atoms with Crippen molar-refractivity contribution < 1.29 is 4.79 Å². The van der Waals surface area contributed by atoms with Crippen molar-refractivity contribution >= 4 is 39.9 Å². The fraction of sp³-hybridized carbons (Fsp3) is 0.211. The molecule has 1 aliphatic rings. The van der Waals surface area contributed by atoms with Gasteiger partial charge in [0.2, 0.25) is 5.91 Å². The van der Waals surface area contributed by atoms with Gasteiger partial charge in [0.05, 0.1) is 11.4 Å². The SMILES string of the molecule is CCC(=O)Nc1ccc(C2=NNC(=Nc3ccc(C)cc3)SC2)cc1. The fourth-order valence-electron chi connectivity index (χ4n) is 2.25. The Morgan fingerprint density at radius 2 is 1.92 bits per heavy atom. The number of amidine groups is 1. The highest BCUT2D eigenvalue weighted by Gasteiger charge is 2.13. The first-order valence-electron chi connectivity index (χ1n) is 8.15.